The first-order chi connectivity index (χ1) is 7.98. The maximum Gasteiger partial charge on any atom is 0.238 e. The fraction of sp³-hybridized carbons (Fsp3) is 0.636. The van der Waals surface area contributed by atoms with Crippen molar-refractivity contribution in [1.29, 1.82) is 0 Å². The number of aryl methyl sites for hydroxylation is 1. The van der Waals surface area contributed by atoms with Gasteiger partial charge in [0.05, 0.1) is 6.20 Å². The zero-order valence-corrected chi connectivity index (χ0v) is 11.4. The Bertz CT molecular complexity index is 379. The molecule has 0 bridgehead atoms. The van der Waals surface area contributed by atoms with E-state index in [4.69, 9.17) is 5.73 Å². The molecule has 1 heterocycles. The van der Waals surface area contributed by atoms with Crippen molar-refractivity contribution in [2.45, 2.75) is 30.7 Å². The van der Waals surface area contributed by atoms with E-state index in [1.165, 1.54) is 0 Å². The molecule has 0 aliphatic rings. The summed E-state index contributed by atoms with van der Waals surface area (Å²) in [6.45, 7) is 4.68. The van der Waals surface area contributed by atoms with Crippen LogP contribution in [0.5, 0.6) is 0 Å². The van der Waals surface area contributed by atoms with Crippen molar-refractivity contribution < 1.29 is 4.79 Å². The standard InChI is InChI=1S/C11H20N4OS/c1-4-5-13-11(2,10(12)16)8-17-9-6-14-15(3)7-9/h6-7,13H,4-5,8H2,1-3H3,(H2,12,16). The van der Waals surface area contributed by atoms with Crippen LogP contribution in [0.4, 0.5) is 0 Å². The van der Waals surface area contributed by atoms with Gasteiger partial charge in [-0.3, -0.25) is 9.48 Å². The smallest absolute Gasteiger partial charge is 0.238 e. The predicted octanol–water partition coefficient (Wildman–Crippen LogP) is 0.756. The van der Waals surface area contributed by atoms with Crippen LogP contribution in [-0.4, -0.2) is 33.5 Å². The Kier molecular flexibility index (Phi) is 5.02. The Morgan fingerprint density at radius 1 is 1.71 bits per heavy atom. The number of thioether (sulfide) groups is 1. The van der Waals surface area contributed by atoms with Gasteiger partial charge in [-0.15, -0.1) is 11.8 Å². The Morgan fingerprint density at radius 2 is 2.41 bits per heavy atom. The van der Waals surface area contributed by atoms with Crippen molar-refractivity contribution in [2.24, 2.45) is 12.8 Å². The number of aromatic nitrogens is 2. The molecule has 0 saturated heterocycles. The lowest BCUT2D eigenvalue weighted by atomic mass is 10.1. The molecular formula is C11H20N4OS. The van der Waals surface area contributed by atoms with Crippen molar-refractivity contribution in [1.82, 2.24) is 15.1 Å². The summed E-state index contributed by atoms with van der Waals surface area (Å²) in [6, 6.07) is 0. The second-order valence-corrected chi connectivity index (χ2v) is 5.31. The van der Waals surface area contributed by atoms with Gasteiger partial charge in [-0.2, -0.15) is 5.10 Å². The van der Waals surface area contributed by atoms with E-state index in [1.54, 1.807) is 22.6 Å². The number of amides is 1. The van der Waals surface area contributed by atoms with E-state index in [2.05, 4.69) is 17.3 Å². The summed E-state index contributed by atoms with van der Waals surface area (Å²) in [5, 5.41) is 7.28. The van der Waals surface area contributed by atoms with E-state index in [-0.39, 0.29) is 5.91 Å². The minimum absolute atomic E-state index is 0.317. The van der Waals surface area contributed by atoms with Gasteiger partial charge in [-0.1, -0.05) is 6.92 Å². The molecule has 0 aliphatic heterocycles. The molecule has 0 saturated carbocycles. The van der Waals surface area contributed by atoms with E-state index in [0.717, 1.165) is 17.9 Å². The van der Waals surface area contributed by atoms with Crippen LogP contribution >= 0.6 is 11.8 Å². The number of primary amides is 1. The van der Waals surface area contributed by atoms with Crippen LogP contribution in [0, 0.1) is 0 Å². The highest BCUT2D eigenvalue weighted by atomic mass is 32.2. The second kappa shape index (κ2) is 6.07. The second-order valence-electron chi connectivity index (χ2n) is 4.26. The van der Waals surface area contributed by atoms with Crippen molar-refractivity contribution in [3.8, 4) is 0 Å². The van der Waals surface area contributed by atoms with E-state index < -0.39 is 5.54 Å². The predicted molar refractivity (Wildman–Crippen MR) is 69.8 cm³/mol. The molecule has 1 amide bonds. The van der Waals surface area contributed by atoms with Crippen molar-refractivity contribution in [2.75, 3.05) is 12.3 Å². The third-order valence-corrected chi connectivity index (χ3v) is 3.78. The summed E-state index contributed by atoms with van der Waals surface area (Å²) in [5.74, 6) is 0.288. The van der Waals surface area contributed by atoms with Gasteiger partial charge in [-0.25, -0.2) is 0 Å². The number of hydrogen-bond acceptors (Lipinski definition) is 4. The number of rotatable bonds is 7. The summed E-state index contributed by atoms with van der Waals surface area (Å²) >= 11 is 1.58. The number of nitrogens with two attached hydrogens (primary N) is 1. The Hall–Kier alpha value is -1.01. The van der Waals surface area contributed by atoms with Crippen LogP contribution in [0.3, 0.4) is 0 Å². The highest BCUT2D eigenvalue weighted by molar-refractivity contribution is 7.99. The molecule has 96 valence electrons. The van der Waals surface area contributed by atoms with E-state index >= 15 is 0 Å². The molecule has 1 unspecified atom stereocenters. The molecular weight excluding hydrogens is 236 g/mol. The maximum atomic E-state index is 11.5. The van der Waals surface area contributed by atoms with Gasteiger partial charge >= 0.3 is 0 Å². The number of hydrogen-bond donors (Lipinski definition) is 2. The molecule has 0 aromatic carbocycles. The van der Waals surface area contributed by atoms with Crippen molar-refractivity contribution in [3.63, 3.8) is 0 Å². The SMILES string of the molecule is CCCNC(C)(CSc1cnn(C)c1)C(N)=O. The van der Waals surface area contributed by atoms with E-state index in [0.29, 0.717) is 5.75 Å². The van der Waals surface area contributed by atoms with Gasteiger partial charge in [0.1, 0.15) is 5.54 Å². The summed E-state index contributed by atoms with van der Waals surface area (Å²) in [6.07, 6.45) is 4.68. The van der Waals surface area contributed by atoms with Crippen LogP contribution in [0.15, 0.2) is 17.3 Å². The monoisotopic (exact) mass is 256 g/mol. The molecule has 17 heavy (non-hydrogen) atoms. The average Bonchev–Trinajstić information content (AvgIpc) is 2.69. The van der Waals surface area contributed by atoms with Gasteiger partial charge in [-0.05, 0) is 19.9 Å². The third kappa shape index (κ3) is 4.05. The van der Waals surface area contributed by atoms with Gasteiger partial charge in [0.15, 0.2) is 0 Å². The summed E-state index contributed by atoms with van der Waals surface area (Å²) in [5.41, 5.74) is 4.78. The fourth-order valence-corrected chi connectivity index (χ4v) is 2.36. The summed E-state index contributed by atoms with van der Waals surface area (Å²) < 4.78 is 1.74. The molecule has 1 aromatic rings. The molecule has 1 atom stereocenters. The van der Waals surface area contributed by atoms with E-state index in [9.17, 15) is 4.79 Å². The van der Waals surface area contributed by atoms with Crippen LogP contribution < -0.4 is 11.1 Å². The molecule has 0 fully saturated rings. The van der Waals surface area contributed by atoms with Gasteiger partial charge < -0.3 is 11.1 Å². The molecule has 3 N–H and O–H groups in total. The number of nitrogens with one attached hydrogen (secondary N) is 1. The minimum atomic E-state index is -0.670. The normalized spacial score (nSPS) is 14.5. The molecule has 1 aromatic heterocycles. The summed E-state index contributed by atoms with van der Waals surface area (Å²) in [7, 11) is 1.87. The first-order valence-electron chi connectivity index (χ1n) is 5.64. The molecule has 1 rings (SSSR count). The lowest BCUT2D eigenvalue weighted by Crippen LogP contribution is -2.55. The zero-order chi connectivity index (χ0) is 12.9. The Morgan fingerprint density at radius 3 is 2.88 bits per heavy atom. The van der Waals surface area contributed by atoms with Gasteiger partial charge in [0, 0.05) is 23.9 Å². The van der Waals surface area contributed by atoms with E-state index in [1.807, 2.05) is 20.2 Å². The van der Waals surface area contributed by atoms with Crippen LogP contribution in [0.25, 0.3) is 0 Å². The number of carbonyl (C=O) groups is 1. The van der Waals surface area contributed by atoms with Crippen molar-refractivity contribution in [3.05, 3.63) is 12.4 Å². The Balaban J connectivity index is 2.58. The number of nitrogens with zero attached hydrogens (tertiary/aromatic N) is 2. The lowest BCUT2D eigenvalue weighted by molar-refractivity contribution is -0.122. The first-order valence-corrected chi connectivity index (χ1v) is 6.63. The van der Waals surface area contributed by atoms with Gasteiger partial charge in [0.25, 0.3) is 0 Å². The molecule has 0 aliphatic carbocycles. The largest absolute Gasteiger partial charge is 0.368 e. The molecule has 6 heteroatoms. The molecule has 0 radical (unpaired) electrons. The number of carbonyl (C=O) groups excluding carboxylic acids is 1. The van der Waals surface area contributed by atoms with Crippen LogP contribution in [-0.2, 0) is 11.8 Å². The van der Waals surface area contributed by atoms with Crippen LogP contribution in [0.2, 0.25) is 0 Å². The maximum absolute atomic E-state index is 11.5. The Labute approximate surface area is 106 Å². The summed E-state index contributed by atoms with van der Waals surface area (Å²) in [4.78, 5) is 12.5. The quantitative estimate of drug-likeness (QED) is 0.706. The highest BCUT2D eigenvalue weighted by Gasteiger charge is 2.30. The van der Waals surface area contributed by atoms with Crippen molar-refractivity contribution >= 4 is 17.7 Å². The fourth-order valence-electron chi connectivity index (χ4n) is 1.31. The molecule has 0 spiro atoms. The average molecular weight is 256 g/mol. The lowest BCUT2D eigenvalue weighted by Gasteiger charge is -2.26. The minimum Gasteiger partial charge on any atom is -0.368 e. The zero-order valence-electron chi connectivity index (χ0n) is 10.6. The first kappa shape index (κ1) is 14.1. The highest BCUT2D eigenvalue weighted by Crippen LogP contribution is 2.21. The molecule has 5 nitrogen and oxygen atoms in total. The third-order valence-electron chi connectivity index (χ3n) is 2.52. The topological polar surface area (TPSA) is 72.9 Å². The van der Waals surface area contributed by atoms with Crippen LogP contribution in [0.1, 0.15) is 20.3 Å². The van der Waals surface area contributed by atoms with Gasteiger partial charge in [0.2, 0.25) is 5.91 Å².